The summed E-state index contributed by atoms with van der Waals surface area (Å²) < 4.78 is 0. The average molecular weight is 320 g/mol. The van der Waals surface area contributed by atoms with Gasteiger partial charge in [0.1, 0.15) is 0 Å². The van der Waals surface area contributed by atoms with Crippen molar-refractivity contribution in [2.24, 2.45) is 40.2 Å². The van der Waals surface area contributed by atoms with Gasteiger partial charge in [-0.3, -0.25) is 10.1 Å². The van der Waals surface area contributed by atoms with Crippen LogP contribution < -0.4 is 5.73 Å². The largest absolute Gasteiger partial charge is 0.328 e. The molecule has 2 N–H and O–H groups in total. The van der Waals surface area contributed by atoms with Gasteiger partial charge in [0.15, 0.2) is 0 Å². The van der Waals surface area contributed by atoms with Crippen molar-refractivity contribution in [3.05, 3.63) is 10.1 Å². The summed E-state index contributed by atoms with van der Waals surface area (Å²) in [5.74, 6) is 2.90. The van der Waals surface area contributed by atoms with E-state index in [1.54, 1.807) is 0 Å². The van der Waals surface area contributed by atoms with Gasteiger partial charge in [0.05, 0.1) is 0 Å². The zero-order valence-corrected chi connectivity index (χ0v) is 14.7. The summed E-state index contributed by atoms with van der Waals surface area (Å²) in [5.41, 5.74) is 6.66. The van der Waals surface area contributed by atoms with Gasteiger partial charge in [-0.2, -0.15) is 0 Å². The van der Waals surface area contributed by atoms with Crippen LogP contribution in [-0.2, 0) is 0 Å². The fourth-order valence-corrected chi connectivity index (χ4v) is 7.61. The Kier molecular flexibility index (Phi) is 3.57. The van der Waals surface area contributed by atoms with Crippen molar-refractivity contribution in [3.8, 4) is 0 Å². The standard InChI is InChI=1S/C19H32N2O2/c1-18-9-7-13(20)11-12(18)3-4-14-15-5-6-17(21(22)23)19(15,2)10-8-16(14)18/h12-17H,3-11,20H2,1-2H3/t12?,13?,14-,15-,16+,17?,18-,19-/m0/s1. The topological polar surface area (TPSA) is 69.2 Å². The second kappa shape index (κ2) is 5.18. The van der Waals surface area contributed by atoms with Gasteiger partial charge in [0.25, 0.3) is 0 Å². The molecule has 130 valence electrons. The Balaban J connectivity index is 1.61. The van der Waals surface area contributed by atoms with Gasteiger partial charge in [0.2, 0.25) is 6.04 Å². The predicted molar refractivity (Wildman–Crippen MR) is 90.5 cm³/mol. The lowest BCUT2D eigenvalue weighted by Gasteiger charge is -2.60. The minimum atomic E-state index is -0.293. The maximum atomic E-state index is 11.5. The highest BCUT2D eigenvalue weighted by atomic mass is 16.6. The molecule has 4 nitrogen and oxygen atoms in total. The number of nitro groups is 1. The molecule has 23 heavy (non-hydrogen) atoms. The molecule has 4 aliphatic carbocycles. The maximum Gasteiger partial charge on any atom is 0.218 e. The van der Waals surface area contributed by atoms with Gasteiger partial charge in [-0.05, 0) is 80.5 Å². The van der Waals surface area contributed by atoms with Crippen molar-refractivity contribution in [2.75, 3.05) is 0 Å². The Morgan fingerprint density at radius 2 is 1.65 bits per heavy atom. The molecule has 0 amide bonds. The van der Waals surface area contributed by atoms with E-state index in [2.05, 4.69) is 13.8 Å². The zero-order valence-electron chi connectivity index (χ0n) is 14.7. The third-order valence-electron chi connectivity index (χ3n) is 8.91. The molecular formula is C19H32N2O2. The molecule has 8 atom stereocenters. The Labute approximate surface area is 139 Å². The van der Waals surface area contributed by atoms with E-state index >= 15 is 0 Å². The Morgan fingerprint density at radius 1 is 0.957 bits per heavy atom. The van der Waals surface area contributed by atoms with Crippen molar-refractivity contribution in [3.63, 3.8) is 0 Å². The summed E-state index contributed by atoms with van der Waals surface area (Å²) in [6, 6.07) is 0.114. The van der Waals surface area contributed by atoms with Crippen LogP contribution in [0.4, 0.5) is 0 Å². The number of nitrogens with two attached hydrogens (primary N) is 1. The van der Waals surface area contributed by atoms with E-state index in [1.165, 1.54) is 38.5 Å². The van der Waals surface area contributed by atoms with Gasteiger partial charge >= 0.3 is 0 Å². The maximum absolute atomic E-state index is 11.5. The lowest BCUT2D eigenvalue weighted by molar-refractivity contribution is -0.540. The molecule has 0 aromatic rings. The minimum Gasteiger partial charge on any atom is -0.328 e. The molecule has 0 spiro atoms. The van der Waals surface area contributed by atoms with E-state index in [9.17, 15) is 10.1 Å². The van der Waals surface area contributed by atoms with Crippen LogP contribution in [0.1, 0.15) is 71.6 Å². The molecule has 4 rings (SSSR count). The Bertz CT molecular complexity index is 510. The van der Waals surface area contributed by atoms with Crippen LogP contribution in [0, 0.1) is 44.6 Å². The van der Waals surface area contributed by atoms with E-state index in [0.717, 1.165) is 37.0 Å². The smallest absolute Gasteiger partial charge is 0.218 e. The molecule has 0 aliphatic heterocycles. The molecule has 0 bridgehead atoms. The SMILES string of the molecule is C[C@]12CCC(N)CC1CC[C@@H]1[C@H]2CC[C@]2(C)C([N+](=O)[O-])CC[C@@H]12. The van der Waals surface area contributed by atoms with Crippen LogP contribution in [0.3, 0.4) is 0 Å². The fourth-order valence-electron chi connectivity index (χ4n) is 7.61. The van der Waals surface area contributed by atoms with Gasteiger partial charge < -0.3 is 5.73 Å². The van der Waals surface area contributed by atoms with Crippen LogP contribution in [0.2, 0.25) is 0 Å². The summed E-state index contributed by atoms with van der Waals surface area (Å²) in [6.45, 7) is 4.77. The number of hydrogen-bond acceptors (Lipinski definition) is 3. The fraction of sp³-hybridized carbons (Fsp3) is 1.00. The van der Waals surface area contributed by atoms with Crippen molar-refractivity contribution < 1.29 is 4.92 Å². The first-order valence-corrected chi connectivity index (χ1v) is 9.75. The number of hydrogen-bond donors (Lipinski definition) is 1. The first-order chi connectivity index (χ1) is 10.9. The predicted octanol–water partition coefficient (Wildman–Crippen LogP) is 4.00. The molecule has 0 heterocycles. The van der Waals surface area contributed by atoms with Crippen molar-refractivity contribution >= 4 is 0 Å². The van der Waals surface area contributed by atoms with Crippen LogP contribution in [-0.4, -0.2) is 17.0 Å². The van der Waals surface area contributed by atoms with Crippen molar-refractivity contribution in [1.29, 1.82) is 0 Å². The normalized spacial score (nSPS) is 55.6. The second-order valence-corrected chi connectivity index (χ2v) is 9.61. The van der Waals surface area contributed by atoms with Gasteiger partial charge in [-0.1, -0.05) is 13.8 Å². The summed E-state index contributed by atoms with van der Waals surface area (Å²) >= 11 is 0. The Hall–Kier alpha value is -0.640. The van der Waals surface area contributed by atoms with E-state index < -0.39 is 0 Å². The van der Waals surface area contributed by atoms with Crippen LogP contribution in [0.5, 0.6) is 0 Å². The highest BCUT2D eigenvalue weighted by Crippen LogP contribution is 2.66. The molecular weight excluding hydrogens is 288 g/mol. The number of rotatable bonds is 1. The molecule has 0 saturated heterocycles. The van der Waals surface area contributed by atoms with Crippen molar-refractivity contribution in [2.45, 2.75) is 83.7 Å². The monoisotopic (exact) mass is 320 g/mol. The average Bonchev–Trinajstić information content (AvgIpc) is 2.85. The van der Waals surface area contributed by atoms with E-state index in [-0.39, 0.29) is 16.4 Å². The third kappa shape index (κ3) is 2.13. The molecule has 4 aliphatic rings. The summed E-state index contributed by atoms with van der Waals surface area (Å²) in [7, 11) is 0. The van der Waals surface area contributed by atoms with Gasteiger partial charge in [0, 0.05) is 22.8 Å². The van der Waals surface area contributed by atoms with Gasteiger partial charge in [-0.25, -0.2) is 0 Å². The summed E-state index contributed by atoms with van der Waals surface area (Å²) in [4.78, 5) is 11.6. The van der Waals surface area contributed by atoms with Crippen LogP contribution >= 0.6 is 0 Å². The van der Waals surface area contributed by atoms with Gasteiger partial charge in [-0.15, -0.1) is 0 Å². The third-order valence-corrected chi connectivity index (χ3v) is 8.91. The zero-order chi connectivity index (χ0) is 16.4. The highest BCUT2D eigenvalue weighted by molar-refractivity contribution is 5.09. The molecule has 4 saturated carbocycles. The molecule has 3 unspecified atom stereocenters. The highest BCUT2D eigenvalue weighted by Gasteiger charge is 2.63. The number of fused-ring (bicyclic) bond motifs is 5. The summed E-state index contributed by atoms with van der Waals surface area (Å²) in [5, 5.41) is 11.5. The summed E-state index contributed by atoms with van der Waals surface area (Å²) in [6.07, 6.45) is 10.4. The molecule has 4 heteroatoms. The van der Waals surface area contributed by atoms with Crippen LogP contribution in [0.25, 0.3) is 0 Å². The van der Waals surface area contributed by atoms with Crippen molar-refractivity contribution in [1.82, 2.24) is 0 Å². The molecule has 4 fully saturated rings. The number of nitrogens with zero attached hydrogens (tertiary/aromatic N) is 1. The first-order valence-electron chi connectivity index (χ1n) is 9.75. The Morgan fingerprint density at radius 3 is 2.39 bits per heavy atom. The van der Waals surface area contributed by atoms with E-state index in [4.69, 9.17) is 5.73 Å². The lowest BCUT2D eigenvalue weighted by Crippen LogP contribution is -2.55. The molecule has 0 aromatic heterocycles. The second-order valence-electron chi connectivity index (χ2n) is 9.61. The first kappa shape index (κ1) is 15.9. The quantitative estimate of drug-likeness (QED) is 0.586. The molecule has 0 aromatic carbocycles. The lowest BCUT2D eigenvalue weighted by atomic mass is 9.45. The minimum absolute atomic E-state index is 0.0350. The van der Waals surface area contributed by atoms with Crippen LogP contribution in [0.15, 0.2) is 0 Å². The van der Waals surface area contributed by atoms with E-state index in [0.29, 0.717) is 17.4 Å². The van der Waals surface area contributed by atoms with E-state index in [1.807, 2.05) is 0 Å². The molecule has 0 radical (unpaired) electrons.